The van der Waals surface area contributed by atoms with Gasteiger partial charge in [0, 0.05) is 45.6 Å². The third kappa shape index (κ3) is 5.04. The molecule has 2 aromatic heterocycles. The molecule has 35 heavy (non-hydrogen) atoms. The third-order valence-electron chi connectivity index (χ3n) is 5.24. The molecule has 4 heterocycles. The van der Waals surface area contributed by atoms with Gasteiger partial charge in [-0.05, 0) is 18.7 Å². The minimum absolute atomic E-state index is 0.00569. The number of hydrogen-bond donors (Lipinski definition) is 1. The van der Waals surface area contributed by atoms with Gasteiger partial charge in [0.1, 0.15) is 5.03 Å². The van der Waals surface area contributed by atoms with Crippen LogP contribution in [0.2, 0.25) is 0 Å². The fourth-order valence-electron chi connectivity index (χ4n) is 3.65. The molecule has 2 aromatic rings. The summed E-state index contributed by atoms with van der Waals surface area (Å²) in [5, 5.41) is 4.47. The van der Waals surface area contributed by atoms with Gasteiger partial charge in [0.25, 0.3) is 5.56 Å². The van der Waals surface area contributed by atoms with Crippen molar-refractivity contribution in [1.29, 1.82) is 0 Å². The van der Waals surface area contributed by atoms with Crippen LogP contribution in [0.3, 0.4) is 0 Å². The first-order chi connectivity index (χ1) is 16.7. The van der Waals surface area contributed by atoms with Crippen LogP contribution in [0.15, 0.2) is 33.6 Å². The van der Waals surface area contributed by atoms with E-state index in [9.17, 15) is 22.8 Å². The Morgan fingerprint density at radius 2 is 2.06 bits per heavy atom. The van der Waals surface area contributed by atoms with Crippen LogP contribution in [-0.2, 0) is 16.7 Å². The van der Waals surface area contributed by atoms with Crippen molar-refractivity contribution in [2.75, 3.05) is 42.7 Å². The van der Waals surface area contributed by atoms with Gasteiger partial charge in [0.05, 0.1) is 12.7 Å². The molecule has 1 atom stereocenters. The lowest BCUT2D eigenvalue weighted by atomic mass is 10.3. The molecule has 1 N–H and O–H groups in total. The number of aromatic nitrogens is 4. The summed E-state index contributed by atoms with van der Waals surface area (Å²) in [4.78, 5) is 46.1. The van der Waals surface area contributed by atoms with E-state index in [0.717, 1.165) is 16.8 Å². The molecule has 0 aromatic carbocycles. The van der Waals surface area contributed by atoms with Crippen molar-refractivity contribution in [2.45, 2.75) is 29.6 Å². The molecule has 0 radical (unpaired) electrons. The summed E-state index contributed by atoms with van der Waals surface area (Å²) in [5.74, 6) is 2.95. The molecule has 186 valence electrons. The van der Waals surface area contributed by atoms with E-state index < -0.39 is 24.0 Å². The van der Waals surface area contributed by atoms with E-state index in [2.05, 4.69) is 32.1 Å². The van der Waals surface area contributed by atoms with E-state index in [1.807, 2.05) is 0 Å². The predicted octanol–water partition coefficient (Wildman–Crippen LogP) is 0.580. The minimum atomic E-state index is -5.25. The second kappa shape index (κ2) is 10.1. The minimum Gasteiger partial charge on any atom is -0.327 e. The second-order valence-corrected chi connectivity index (χ2v) is 8.45. The maximum absolute atomic E-state index is 13.5. The normalized spacial score (nSPS) is 18.1. The summed E-state index contributed by atoms with van der Waals surface area (Å²) >= 11 is 0.996. The Hall–Kier alpha value is -3.35. The summed E-state index contributed by atoms with van der Waals surface area (Å²) in [6.07, 6.45) is -1.91. The average molecular weight is 511 g/mol. The van der Waals surface area contributed by atoms with E-state index in [-0.39, 0.29) is 23.2 Å². The Kier molecular flexibility index (Phi) is 7.15. The molecule has 1 unspecified atom stereocenters. The smallest absolute Gasteiger partial charge is 0.327 e. The molecule has 0 amide bonds. The van der Waals surface area contributed by atoms with E-state index in [4.69, 9.17) is 4.84 Å². The fourth-order valence-corrected chi connectivity index (χ4v) is 4.42. The topological polar surface area (TPSA) is 109 Å². The van der Waals surface area contributed by atoms with Gasteiger partial charge in [0.2, 0.25) is 0 Å². The molecule has 1 saturated heterocycles. The SMILES string of the molecule is CC#CCN1c2c(nc(Sc3cnccn3)n(C)c2=O)N(OC(=O)C(F)(F)F)C1N1CCNCC1. The van der Waals surface area contributed by atoms with Gasteiger partial charge in [-0.25, -0.2) is 14.8 Å². The van der Waals surface area contributed by atoms with Crippen molar-refractivity contribution in [3.8, 4) is 11.8 Å². The largest absolute Gasteiger partial charge is 0.493 e. The van der Waals surface area contributed by atoms with Crippen molar-refractivity contribution in [3.63, 3.8) is 0 Å². The summed E-state index contributed by atoms with van der Waals surface area (Å²) in [6.45, 7) is 3.58. The Morgan fingerprint density at radius 1 is 1.31 bits per heavy atom. The number of carbonyl (C=O) groups is 1. The first kappa shape index (κ1) is 24.8. The number of halogens is 3. The average Bonchev–Trinajstić information content (AvgIpc) is 3.14. The van der Waals surface area contributed by atoms with Crippen LogP contribution in [0, 0.1) is 11.8 Å². The number of fused-ring (bicyclic) bond motifs is 1. The zero-order chi connectivity index (χ0) is 25.2. The van der Waals surface area contributed by atoms with Crippen LogP contribution in [0.4, 0.5) is 24.7 Å². The Labute approximate surface area is 202 Å². The molecule has 0 spiro atoms. The molecular weight excluding hydrogens is 489 g/mol. The number of nitrogens with one attached hydrogen (secondary N) is 1. The van der Waals surface area contributed by atoms with Crippen LogP contribution >= 0.6 is 11.8 Å². The highest BCUT2D eigenvalue weighted by molar-refractivity contribution is 7.99. The number of rotatable bonds is 5. The molecule has 1 fully saturated rings. The van der Waals surface area contributed by atoms with Crippen LogP contribution < -0.4 is 20.8 Å². The van der Waals surface area contributed by atoms with Gasteiger partial charge >= 0.3 is 12.1 Å². The summed E-state index contributed by atoms with van der Waals surface area (Å²) in [7, 11) is 1.49. The zero-order valence-corrected chi connectivity index (χ0v) is 19.6. The van der Waals surface area contributed by atoms with Gasteiger partial charge in [-0.2, -0.15) is 13.2 Å². The number of alkyl halides is 3. The quantitative estimate of drug-likeness (QED) is 0.451. The highest BCUT2D eigenvalue weighted by Crippen LogP contribution is 2.39. The highest BCUT2D eigenvalue weighted by atomic mass is 32.2. The van der Waals surface area contributed by atoms with Crippen molar-refractivity contribution in [1.82, 2.24) is 29.7 Å². The number of carbonyl (C=O) groups excluding carboxylic acids is 1. The van der Waals surface area contributed by atoms with Crippen molar-refractivity contribution in [2.24, 2.45) is 7.05 Å². The number of nitrogens with zero attached hydrogens (tertiary/aromatic N) is 7. The summed E-state index contributed by atoms with van der Waals surface area (Å²) in [6, 6.07) is 0. The molecule has 0 aliphatic carbocycles. The molecule has 2 aliphatic heterocycles. The van der Waals surface area contributed by atoms with Crippen LogP contribution in [0.1, 0.15) is 6.92 Å². The molecular formula is C20H21F3N8O3S. The van der Waals surface area contributed by atoms with Crippen LogP contribution in [-0.4, -0.2) is 75.6 Å². The van der Waals surface area contributed by atoms with Gasteiger partial charge in [-0.3, -0.25) is 19.2 Å². The van der Waals surface area contributed by atoms with Gasteiger partial charge < -0.3 is 15.1 Å². The van der Waals surface area contributed by atoms with Crippen molar-refractivity contribution in [3.05, 3.63) is 28.9 Å². The van der Waals surface area contributed by atoms with Crippen LogP contribution in [0.25, 0.3) is 0 Å². The number of hydroxylamine groups is 1. The summed E-state index contributed by atoms with van der Waals surface area (Å²) in [5.41, 5.74) is -0.553. The molecule has 0 saturated carbocycles. The number of anilines is 2. The maximum atomic E-state index is 13.5. The van der Waals surface area contributed by atoms with E-state index in [1.54, 1.807) is 11.8 Å². The van der Waals surface area contributed by atoms with Gasteiger partial charge in [-0.1, -0.05) is 5.92 Å². The van der Waals surface area contributed by atoms with Crippen molar-refractivity contribution >= 4 is 29.2 Å². The lowest BCUT2D eigenvalue weighted by Crippen LogP contribution is -2.61. The number of hydrogen-bond acceptors (Lipinski definition) is 11. The first-order valence-electron chi connectivity index (χ1n) is 10.5. The Balaban J connectivity index is 1.85. The molecule has 15 heteroatoms. The first-order valence-corrected chi connectivity index (χ1v) is 11.3. The van der Waals surface area contributed by atoms with E-state index >= 15 is 0 Å². The molecule has 2 aliphatic rings. The van der Waals surface area contributed by atoms with Gasteiger partial charge in [-0.15, -0.1) is 11.0 Å². The molecule has 11 nitrogen and oxygen atoms in total. The fraction of sp³-hybridized carbons (Fsp3) is 0.450. The van der Waals surface area contributed by atoms with Crippen LogP contribution in [0.5, 0.6) is 0 Å². The Bertz CT molecular complexity index is 1210. The Morgan fingerprint density at radius 3 is 2.69 bits per heavy atom. The predicted molar refractivity (Wildman–Crippen MR) is 119 cm³/mol. The lowest BCUT2D eigenvalue weighted by molar-refractivity contribution is -0.203. The molecule has 4 rings (SSSR count). The van der Waals surface area contributed by atoms with Crippen molar-refractivity contribution < 1.29 is 22.8 Å². The van der Waals surface area contributed by atoms with E-state index in [1.165, 1.54) is 35.1 Å². The lowest BCUT2D eigenvalue weighted by Gasteiger charge is -2.40. The third-order valence-corrected chi connectivity index (χ3v) is 6.21. The van der Waals surface area contributed by atoms with E-state index in [0.29, 0.717) is 31.2 Å². The maximum Gasteiger partial charge on any atom is 0.493 e. The number of piperazine rings is 1. The standard InChI is InChI=1S/C20H21F3N8O3S/c1-3-4-9-30-14-15(27-18(28(2)16(14)32)35-13-12-25-5-6-26-13)31(34-17(33)20(21,22)23)19(30)29-10-7-24-8-11-29/h5-6,12,19,24H,7-11H2,1-2H3. The van der Waals surface area contributed by atoms with Gasteiger partial charge in [0.15, 0.2) is 23.0 Å². The highest BCUT2D eigenvalue weighted by Gasteiger charge is 2.50. The summed E-state index contributed by atoms with van der Waals surface area (Å²) < 4.78 is 40.8. The zero-order valence-electron chi connectivity index (χ0n) is 18.7. The monoisotopic (exact) mass is 510 g/mol. The second-order valence-electron chi connectivity index (χ2n) is 7.47. The molecule has 0 bridgehead atoms.